The molecule has 5 heteroatoms. The molecule has 1 aromatic rings. The maximum Gasteiger partial charge on any atom is 0.216 e. The number of benzene rings is 1. The van der Waals surface area contributed by atoms with E-state index in [1.165, 1.54) is 6.42 Å². The molecule has 0 aliphatic heterocycles. The second-order valence-corrected chi connectivity index (χ2v) is 7.24. The van der Waals surface area contributed by atoms with Crippen molar-refractivity contribution in [3.63, 3.8) is 0 Å². The van der Waals surface area contributed by atoms with Crippen LogP contribution >= 0.6 is 0 Å². The van der Waals surface area contributed by atoms with Crippen LogP contribution in [-0.4, -0.2) is 14.5 Å². The van der Waals surface area contributed by atoms with Crippen LogP contribution in [0, 0.1) is 5.92 Å². The monoisotopic (exact) mass is 282 g/mol. The van der Waals surface area contributed by atoms with Gasteiger partial charge in [-0.15, -0.1) is 0 Å². The first-order valence-corrected chi connectivity index (χ1v) is 8.46. The normalized spacial score (nSPS) is 24.3. The van der Waals surface area contributed by atoms with E-state index in [2.05, 4.69) is 11.6 Å². The summed E-state index contributed by atoms with van der Waals surface area (Å²) < 4.78 is 27.2. The summed E-state index contributed by atoms with van der Waals surface area (Å²) in [5, 5.41) is 0. The molecule has 0 amide bonds. The fourth-order valence-electron chi connectivity index (χ4n) is 2.60. The third-order valence-electron chi connectivity index (χ3n) is 3.78. The van der Waals surface area contributed by atoms with Gasteiger partial charge in [0.2, 0.25) is 10.0 Å². The number of hydrogen-bond acceptors (Lipinski definition) is 3. The first-order valence-electron chi connectivity index (χ1n) is 6.81. The summed E-state index contributed by atoms with van der Waals surface area (Å²) in [7, 11) is -3.27. The Balaban J connectivity index is 2.00. The van der Waals surface area contributed by atoms with Gasteiger partial charge in [0.15, 0.2) is 0 Å². The summed E-state index contributed by atoms with van der Waals surface area (Å²) >= 11 is 0. The van der Waals surface area contributed by atoms with Crippen molar-refractivity contribution in [3.05, 3.63) is 29.8 Å². The molecule has 0 saturated heterocycles. The summed E-state index contributed by atoms with van der Waals surface area (Å²) in [6, 6.07) is 7.08. The maximum atomic E-state index is 12.2. The van der Waals surface area contributed by atoms with Gasteiger partial charge in [-0.1, -0.05) is 31.9 Å². The van der Waals surface area contributed by atoms with Crippen molar-refractivity contribution in [2.75, 3.05) is 5.73 Å². The quantitative estimate of drug-likeness (QED) is 0.832. The lowest BCUT2D eigenvalue weighted by atomic mass is 9.87. The maximum absolute atomic E-state index is 12.2. The van der Waals surface area contributed by atoms with Gasteiger partial charge in [0.05, 0.1) is 5.75 Å². The lowest BCUT2D eigenvalue weighted by molar-refractivity contribution is 0.310. The Morgan fingerprint density at radius 2 is 1.84 bits per heavy atom. The Kier molecular flexibility index (Phi) is 4.47. The van der Waals surface area contributed by atoms with Gasteiger partial charge in [-0.2, -0.15) is 0 Å². The molecule has 3 N–H and O–H groups in total. The molecule has 0 spiro atoms. The minimum Gasteiger partial charge on any atom is -0.399 e. The van der Waals surface area contributed by atoms with Gasteiger partial charge in [-0.05, 0) is 36.5 Å². The van der Waals surface area contributed by atoms with E-state index >= 15 is 0 Å². The van der Waals surface area contributed by atoms with Crippen LogP contribution in [0.1, 0.15) is 38.2 Å². The van der Waals surface area contributed by atoms with Crippen molar-refractivity contribution < 1.29 is 8.42 Å². The first kappa shape index (κ1) is 14.3. The van der Waals surface area contributed by atoms with E-state index in [1.54, 1.807) is 24.3 Å². The highest BCUT2D eigenvalue weighted by Gasteiger charge is 2.25. The van der Waals surface area contributed by atoms with Gasteiger partial charge in [0, 0.05) is 11.7 Å². The lowest BCUT2D eigenvalue weighted by Crippen LogP contribution is -2.41. The molecule has 0 bridgehead atoms. The van der Waals surface area contributed by atoms with E-state index in [9.17, 15) is 8.42 Å². The molecule has 0 radical (unpaired) electrons. The molecule has 0 aromatic heterocycles. The van der Waals surface area contributed by atoms with E-state index in [0.29, 0.717) is 11.6 Å². The summed E-state index contributed by atoms with van der Waals surface area (Å²) in [6.07, 6.45) is 4.37. The van der Waals surface area contributed by atoms with Crippen LogP contribution in [0.2, 0.25) is 0 Å². The standard InChI is InChI=1S/C14H22N2O2S/c1-11-4-2-3-5-14(11)16-19(17,18)10-12-6-8-13(15)9-7-12/h6-9,11,14,16H,2-5,10,15H2,1H3. The number of nitrogens with two attached hydrogens (primary N) is 1. The second-order valence-electron chi connectivity index (χ2n) is 5.49. The Morgan fingerprint density at radius 1 is 1.21 bits per heavy atom. The molecular formula is C14H22N2O2S. The van der Waals surface area contributed by atoms with Gasteiger partial charge < -0.3 is 5.73 Å². The van der Waals surface area contributed by atoms with Crippen LogP contribution in [0.4, 0.5) is 5.69 Å². The molecule has 106 valence electrons. The van der Waals surface area contributed by atoms with E-state index in [-0.39, 0.29) is 11.8 Å². The topological polar surface area (TPSA) is 72.2 Å². The van der Waals surface area contributed by atoms with Gasteiger partial charge in [-0.3, -0.25) is 0 Å². The van der Waals surface area contributed by atoms with Gasteiger partial charge in [0.1, 0.15) is 0 Å². The zero-order chi connectivity index (χ0) is 13.9. The van der Waals surface area contributed by atoms with Gasteiger partial charge >= 0.3 is 0 Å². The molecule has 2 rings (SSSR count). The fraction of sp³-hybridized carbons (Fsp3) is 0.571. The SMILES string of the molecule is CC1CCCCC1NS(=O)(=O)Cc1ccc(N)cc1. The van der Waals surface area contributed by atoms with Crippen LogP contribution in [0.3, 0.4) is 0 Å². The van der Waals surface area contributed by atoms with E-state index in [1.807, 2.05) is 0 Å². The van der Waals surface area contributed by atoms with Gasteiger partial charge in [0.25, 0.3) is 0 Å². The number of anilines is 1. The molecule has 4 nitrogen and oxygen atoms in total. The van der Waals surface area contributed by atoms with Crippen molar-refractivity contribution in [1.29, 1.82) is 0 Å². The molecule has 2 atom stereocenters. The van der Waals surface area contributed by atoms with Crippen molar-refractivity contribution in [2.24, 2.45) is 5.92 Å². The predicted molar refractivity (Wildman–Crippen MR) is 78.0 cm³/mol. The molecular weight excluding hydrogens is 260 g/mol. The molecule has 19 heavy (non-hydrogen) atoms. The summed E-state index contributed by atoms with van der Waals surface area (Å²) in [5.74, 6) is 0.450. The average molecular weight is 282 g/mol. The third-order valence-corrected chi connectivity index (χ3v) is 5.15. The minimum atomic E-state index is -3.27. The fourth-order valence-corrected chi connectivity index (χ4v) is 4.12. The number of nitrogens with one attached hydrogen (secondary N) is 1. The van der Waals surface area contributed by atoms with Crippen LogP contribution in [0.15, 0.2) is 24.3 Å². The van der Waals surface area contributed by atoms with E-state index in [0.717, 1.165) is 24.8 Å². The Labute approximate surface area is 115 Å². The van der Waals surface area contributed by atoms with Gasteiger partial charge in [-0.25, -0.2) is 13.1 Å². The molecule has 1 aliphatic rings. The van der Waals surface area contributed by atoms with Crippen LogP contribution < -0.4 is 10.5 Å². The van der Waals surface area contributed by atoms with Crippen molar-refractivity contribution in [2.45, 2.75) is 44.4 Å². The average Bonchev–Trinajstić information content (AvgIpc) is 2.35. The molecule has 1 aromatic carbocycles. The number of sulfonamides is 1. The second kappa shape index (κ2) is 5.92. The summed E-state index contributed by atoms with van der Waals surface area (Å²) in [4.78, 5) is 0. The van der Waals surface area contributed by atoms with Crippen LogP contribution in [0.5, 0.6) is 0 Å². The largest absolute Gasteiger partial charge is 0.399 e. The van der Waals surface area contributed by atoms with E-state index in [4.69, 9.17) is 5.73 Å². The van der Waals surface area contributed by atoms with E-state index < -0.39 is 10.0 Å². The zero-order valence-corrected chi connectivity index (χ0v) is 12.1. The van der Waals surface area contributed by atoms with Crippen molar-refractivity contribution >= 4 is 15.7 Å². The van der Waals surface area contributed by atoms with Crippen molar-refractivity contribution in [3.8, 4) is 0 Å². The lowest BCUT2D eigenvalue weighted by Gasteiger charge is -2.29. The highest BCUT2D eigenvalue weighted by molar-refractivity contribution is 7.88. The Morgan fingerprint density at radius 3 is 2.47 bits per heavy atom. The zero-order valence-electron chi connectivity index (χ0n) is 11.3. The number of hydrogen-bond donors (Lipinski definition) is 2. The molecule has 0 heterocycles. The molecule has 1 saturated carbocycles. The van der Waals surface area contributed by atoms with Crippen LogP contribution in [0.25, 0.3) is 0 Å². The molecule has 1 fully saturated rings. The molecule has 1 aliphatic carbocycles. The minimum absolute atomic E-state index is 0.0243. The molecule has 2 unspecified atom stereocenters. The van der Waals surface area contributed by atoms with Crippen LogP contribution in [-0.2, 0) is 15.8 Å². The third kappa shape index (κ3) is 4.21. The Bertz CT molecular complexity index is 511. The predicted octanol–water partition coefficient (Wildman–Crippen LogP) is 2.27. The first-order chi connectivity index (χ1) is 8.96. The summed E-state index contributed by atoms with van der Waals surface area (Å²) in [5.41, 5.74) is 7.01. The number of nitrogen functional groups attached to an aromatic ring is 1. The highest BCUT2D eigenvalue weighted by atomic mass is 32.2. The Hall–Kier alpha value is -1.07. The van der Waals surface area contributed by atoms with Crippen molar-refractivity contribution in [1.82, 2.24) is 4.72 Å². The summed E-state index contributed by atoms with van der Waals surface area (Å²) in [6.45, 7) is 2.12. The highest BCUT2D eigenvalue weighted by Crippen LogP contribution is 2.24. The smallest absolute Gasteiger partial charge is 0.216 e. The number of rotatable bonds is 4.